The molecule has 0 unspecified atom stereocenters. The van der Waals surface area contributed by atoms with E-state index in [1.165, 1.54) is 15.6 Å². The SMILES string of the molecule is CC(C)n1ncn(-c2ccc(-c3cnc(N4CCN(c5nnc(C(F)(F)F)o5)CC4)c(C#N)c3)cc2)c1=O. The highest BCUT2D eigenvalue weighted by Crippen LogP contribution is 2.31. The maximum absolute atomic E-state index is 12.8. The Morgan fingerprint density at radius 2 is 1.71 bits per heavy atom. The molecule has 0 amide bonds. The van der Waals surface area contributed by atoms with Gasteiger partial charge in [-0.2, -0.15) is 23.5 Å². The number of benzene rings is 1. The van der Waals surface area contributed by atoms with Gasteiger partial charge in [0.05, 0.1) is 17.3 Å². The lowest BCUT2D eigenvalue weighted by atomic mass is 10.0. The number of alkyl halides is 3. The highest BCUT2D eigenvalue weighted by molar-refractivity contribution is 5.69. The molecule has 11 nitrogen and oxygen atoms in total. The van der Waals surface area contributed by atoms with Crippen molar-refractivity contribution in [3.63, 3.8) is 0 Å². The van der Waals surface area contributed by atoms with Crippen LogP contribution < -0.4 is 15.5 Å². The summed E-state index contributed by atoms with van der Waals surface area (Å²) in [5, 5.41) is 20.5. The van der Waals surface area contributed by atoms with Crippen molar-refractivity contribution in [3.05, 3.63) is 64.8 Å². The van der Waals surface area contributed by atoms with E-state index in [1.54, 1.807) is 29.3 Å². The normalized spacial score (nSPS) is 14.2. The van der Waals surface area contributed by atoms with E-state index >= 15 is 0 Å². The zero-order valence-electron chi connectivity index (χ0n) is 20.4. The van der Waals surface area contributed by atoms with Crippen molar-refractivity contribution in [2.75, 3.05) is 36.0 Å². The zero-order valence-corrected chi connectivity index (χ0v) is 20.4. The maximum atomic E-state index is 12.8. The fourth-order valence-corrected chi connectivity index (χ4v) is 4.18. The van der Waals surface area contributed by atoms with Crippen LogP contribution in [0.15, 0.2) is 52.1 Å². The number of piperazine rings is 1. The lowest BCUT2D eigenvalue weighted by Gasteiger charge is -2.34. The van der Waals surface area contributed by atoms with Gasteiger partial charge in [0.25, 0.3) is 0 Å². The molecule has 0 radical (unpaired) electrons. The smallest absolute Gasteiger partial charge is 0.399 e. The molecule has 0 bridgehead atoms. The van der Waals surface area contributed by atoms with Crippen LogP contribution in [0.1, 0.15) is 31.3 Å². The molecule has 0 spiro atoms. The van der Waals surface area contributed by atoms with Crippen LogP contribution in [0.2, 0.25) is 0 Å². The van der Waals surface area contributed by atoms with Gasteiger partial charge < -0.3 is 14.2 Å². The number of hydrogen-bond acceptors (Lipinski definition) is 9. The summed E-state index contributed by atoms with van der Waals surface area (Å²) in [5.74, 6) is -0.897. The van der Waals surface area contributed by atoms with Crippen molar-refractivity contribution in [3.8, 4) is 22.9 Å². The molecule has 4 aromatic rings. The molecule has 5 rings (SSSR count). The molecule has 1 aliphatic heterocycles. The van der Waals surface area contributed by atoms with Gasteiger partial charge in [0, 0.05) is 37.9 Å². The third-order valence-electron chi connectivity index (χ3n) is 6.16. The average Bonchev–Trinajstić information content (AvgIpc) is 3.56. The second-order valence-electron chi connectivity index (χ2n) is 8.94. The first-order valence-electron chi connectivity index (χ1n) is 11.7. The van der Waals surface area contributed by atoms with Gasteiger partial charge in [-0.15, -0.1) is 5.10 Å². The van der Waals surface area contributed by atoms with Crippen LogP contribution in [0.4, 0.5) is 25.0 Å². The third kappa shape index (κ3) is 4.70. The van der Waals surface area contributed by atoms with Crippen molar-refractivity contribution in [2.45, 2.75) is 26.1 Å². The lowest BCUT2D eigenvalue weighted by Crippen LogP contribution is -2.47. The van der Waals surface area contributed by atoms with Gasteiger partial charge in [-0.1, -0.05) is 17.2 Å². The zero-order chi connectivity index (χ0) is 27.0. The van der Waals surface area contributed by atoms with Crippen molar-refractivity contribution in [2.24, 2.45) is 0 Å². The van der Waals surface area contributed by atoms with E-state index in [4.69, 9.17) is 4.42 Å². The van der Waals surface area contributed by atoms with E-state index in [1.807, 2.05) is 30.9 Å². The molecular weight excluding hydrogens is 503 g/mol. The van der Waals surface area contributed by atoms with Crippen molar-refractivity contribution in [1.29, 1.82) is 5.26 Å². The van der Waals surface area contributed by atoms with E-state index in [9.17, 15) is 23.2 Å². The summed E-state index contributed by atoms with van der Waals surface area (Å²) in [6.07, 6.45) is -1.56. The van der Waals surface area contributed by atoms with Crippen LogP contribution in [0.25, 0.3) is 16.8 Å². The summed E-state index contributed by atoms with van der Waals surface area (Å²) < 4.78 is 45.9. The van der Waals surface area contributed by atoms with E-state index in [2.05, 4.69) is 26.3 Å². The Kier molecular flexibility index (Phi) is 6.35. The predicted octanol–water partition coefficient (Wildman–Crippen LogP) is 3.28. The van der Waals surface area contributed by atoms with Crippen molar-refractivity contribution >= 4 is 11.8 Å². The van der Waals surface area contributed by atoms with E-state index in [-0.39, 0.29) is 17.7 Å². The van der Waals surface area contributed by atoms with Crippen LogP contribution in [0.5, 0.6) is 0 Å². The molecule has 14 heteroatoms. The van der Waals surface area contributed by atoms with E-state index in [0.717, 1.165) is 11.1 Å². The number of aromatic nitrogens is 6. The summed E-state index contributed by atoms with van der Waals surface area (Å²) >= 11 is 0. The molecule has 0 N–H and O–H groups in total. The van der Waals surface area contributed by atoms with Gasteiger partial charge >= 0.3 is 23.8 Å². The molecule has 196 valence electrons. The van der Waals surface area contributed by atoms with Crippen LogP contribution in [-0.4, -0.2) is 55.7 Å². The highest BCUT2D eigenvalue weighted by Gasteiger charge is 2.39. The lowest BCUT2D eigenvalue weighted by molar-refractivity contribution is -0.157. The minimum Gasteiger partial charge on any atom is -0.399 e. The van der Waals surface area contributed by atoms with Crippen LogP contribution in [0, 0.1) is 11.3 Å². The topological polar surface area (TPSA) is 122 Å². The predicted molar refractivity (Wildman–Crippen MR) is 130 cm³/mol. The molecular formula is C24H22F3N9O2. The van der Waals surface area contributed by atoms with Gasteiger partial charge in [-0.05, 0) is 37.6 Å². The summed E-state index contributed by atoms with van der Waals surface area (Å²) in [7, 11) is 0. The molecule has 1 aliphatic rings. The highest BCUT2D eigenvalue weighted by atomic mass is 19.4. The number of pyridine rings is 1. The Labute approximate surface area is 214 Å². The molecule has 1 saturated heterocycles. The van der Waals surface area contributed by atoms with Crippen LogP contribution in [-0.2, 0) is 6.18 Å². The number of hydrogen-bond donors (Lipinski definition) is 0. The van der Waals surface area contributed by atoms with E-state index < -0.39 is 12.1 Å². The Hall–Kier alpha value is -4.67. The molecule has 0 saturated carbocycles. The number of nitriles is 1. The van der Waals surface area contributed by atoms with Gasteiger partial charge in [0.2, 0.25) is 0 Å². The number of rotatable bonds is 5. The number of anilines is 2. The van der Waals surface area contributed by atoms with Gasteiger partial charge in [-0.3, -0.25) is 0 Å². The Bertz CT molecular complexity index is 1540. The van der Waals surface area contributed by atoms with Gasteiger partial charge in [0.15, 0.2) is 0 Å². The van der Waals surface area contributed by atoms with Crippen molar-refractivity contribution in [1.82, 2.24) is 29.5 Å². The molecule has 3 aromatic heterocycles. The van der Waals surface area contributed by atoms with E-state index in [0.29, 0.717) is 43.2 Å². The molecule has 0 aliphatic carbocycles. The largest absolute Gasteiger partial charge is 0.470 e. The first-order valence-corrected chi connectivity index (χ1v) is 11.7. The molecule has 1 fully saturated rings. The number of halogens is 3. The third-order valence-corrected chi connectivity index (χ3v) is 6.16. The molecule has 38 heavy (non-hydrogen) atoms. The number of nitrogens with zero attached hydrogens (tertiary/aromatic N) is 9. The summed E-state index contributed by atoms with van der Waals surface area (Å²) in [5.41, 5.74) is 2.34. The van der Waals surface area contributed by atoms with Gasteiger partial charge in [-0.25, -0.2) is 19.0 Å². The fraction of sp³-hybridized carbons (Fsp3) is 0.333. The van der Waals surface area contributed by atoms with Crippen LogP contribution >= 0.6 is 0 Å². The second kappa shape index (κ2) is 9.66. The monoisotopic (exact) mass is 525 g/mol. The second-order valence-corrected chi connectivity index (χ2v) is 8.94. The summed E-state index contributed by atoms with van der Waals surface area (Å²) in [4.78, 5) is 20.5. The molecule has 1 aromatic carbocycles. The summed E-state index contributed by atoms with van der Waals surface area (Å²) in [6.45, 7) is 5.21. The molecule has 0 atom stereocenters. The first-order chi connectivity index (χ1) is 18.2. The molecule has 4 heterocycles. The van der Waals surface area contributed by atoms with Crippen molar-refractivity contribution < 1.29 is 17.6 Å². The first kappa shape index (κ1) is 25.0. The Morgan fingerprint density at radius 1 is 1.03 bits per heavy atom. The Balaban J connectivity index is 1.30. The minimum atomic E-state index is -4.70. The average molecular weight is 525 g/mol. The minimum absolute atomic E-state index is 0.0546. The maximum Gasteiger partial charge on any atom is 0.470 e. The van der Waals surface area contributed by atoms with Gasteiger partial charge in [0.1, 0.15) is 18.2 Å². The summed E-state index contributed by atoms with van der Waals surface area (Å²) in [6, 6.07) is 10.9. The van der Waals surface area contributed by atoms with Crippen LogP contribution in [0.3, 0.4) is 0 Å². The quantitative estimate of drug-likeness (QED) is 0.386. The Morgan fingerprint density at radius 3 is 2.29 bits per heavy atom. The fourth-order valence-electron chi connectivity index (χ4n) is 4.18. The standard InChI is InChI=1S/C24H22F3N9O2/c1-15(2)36-23(37)35(14-30-36)19-5-3-16(4-6-19)18-11-17(12-28)20(29-13-18)33-7-9-34(10-8-33)22-32-31-21(38-22)24(25,26)27/h3-6,11,13-15H,7-10H2,1-2H3.